The van der Waals surface area contributed by atoms with E-state index in [1.165, 1.54) is 24.3 Å². The van der Waals surface area contributed by atoms with E-state index in [-0.39, 0.29) is 17.5 Å². The van der Waals surface area contributed by atoms with Gasteiger partial charge in [-0.2, -0.15) is 13.2 Å². The topological polar surface area (TPSA) is 70.2 Å². The Balaban J connectivity index is 1.86. The number of benzene rings is 1. The normalized spacial score (nSPS) is 15.0. The maximum atomic E-state index is 12.2. The number of anilines is 1. The van der Waals surface area contributed by atoms with Crippen molar-refractivity contribution in [3.05, 3.63) is 36.4 Å². The van der Waals surface area contributed by atoms with Gasteiger partial charge in [0.05, 0.1) is 5.70 Å². The molecule has 1 aromatic rings. The lowest BCUT2D eigenvalue weighted by atomic mass is 10.1. The standard InChI is InChI=1S/C16H18F3N3O2/c1-10(21-22-14(23)12-4-2-3-5-12)11-6-8-13(9-7-11)20-15(24)16(17,18)19/h6-9,12,21H,1-5H2,(H,20,24)(H,22,23). The number of hydrazine groups is 1. The van der Waals surface area contributed by atoms with Crippen LogP contribution in [0.4, 0.5) is 18.9 Å². The van der Waals surface area contributed by atoms with Crippen LogP contribution < -0.4 is 16.2 Å². The number of hydrogen-bond acceptors (Lipinski definition) is 3. The van der Waals surface area contributed by atoms with Crippen molar-refractivity contribution in [1.82, 2.24) is 10.9 Å². The van der Waals surface area contributed by atoms with Crippen molar-refractivity contribution in [1.29, 1.82) is 0 Å². The van der Waals surface area contributed by atoms with Gasteiger partial charge >= 0.3 is 12.1 Å². The van der Waals surface area contributed by atoms with Crippen LogP contribution in [-0.2, 0) is 9.59 Å². The number of carbonyl (C=O) groups is 2. The summed E-state index contributed by atoms with van der Waals surface area (Å²) in [7, 11) is 0. The van der Waals surface area contributed by atoms with Crippen LogP contribution in [0.5, 0.6) is 0 Å². The highest BCUT2D eigenvalue weighted by Gasteiger charge is 2.38. The summed E-state index contributed by atoms with van der Waals surface area (Å²) < 4.78 is 36.5. The van der Waals surface area contributed by atoms with Crippen LogP contribution in [0, 0.1) is 5.92 Å². The average Bonchev–Trinajstić information content (AvgIpc) is 3.06. The van der Waals surface area contributed by atoms with Crippen LogP contribution in [-0.4, -0.2) is 18.0 Å². The minimum Gasteiger partial charge on any atom is -0.318 e. The fourth-order valence-corrected chi connectivity index (χ4v) is 2.46. The number of amides is 2. The molecule has 1 aromatic carbocycles. The van der Waals surface area contributed by atoms with E-state index in [0.29, 0.717) is 11.3 Å². The van der Waals surface area contributed by atoms with E-state index in [1.54, 1.807) is 5.32 Å². The number of alkyl halides is 3. The molecule has 1 aliphatic rings. The molecular formula is C16H18F3N3O2. The first-order valence-corrected chi connectivity index (χ1v) is 7.51. The van der Waals surface area contributed by atoms with E-state index >= 15 is 0 Å². The Morgan fingerprint density at radius 1 is 1.04 bits per heavy atom. The summed E-state index contributed by atoms with van der Waals surface area (Å²) in [5, 5.41) is 1.75. The molecular weight excluding hydrogens is 323 g/mol. The first-order chi connectivity index (χ1) is 11.3. The van der Waals surface area contributed by atoms with Gasteiger partial charge in [-0.3, -0.25) is 20.4 Å². The lowest BCUT2D eigenvalue weighted by Gasteiger charge is -2.14. The molecule has 2 rings (SSSR count). The Labute approximate surface area is 137 Å². The van der Waals surface area contributed by atoms with E-state index in [0.717, 1.165) is 25.7 Å². The SMILES string of the molecule is C=C(NNC(=O)C1CCCC1)c1ccc(NC(=O)C(F)(F)F)cc1. The van der Waals surface area contributed by atoms with E-state index in [2.05, 4.69) is 17.4 Å². The molecule has 0 radical (unpaired) electrons. The molecule has 1 aliphatic carbocycles. The number of hydrogen-bond donors (Lipinski definition) is 3. The summed E-state index contributed by atoms with van der Waals surface area (Å²) >= 11 is 0. The molecule has 0 heterocycles. The van der Waals surface area contributed by atoms with Gasteiger partial charge in [0.25, 0.3) is 0 Å². The summed E-state index contributed by atoms with van der Waals surface area (Å²) in [6.07, 6.45) is -1.11. The third-order valence-electron chi connectivity index (χ3n) is 3.81. The molecule has 0 unspecified atom stereocenters. The molecule has 8 heteroatoms. The first kappa shape index (κ1) is 17.8. The molecule has 5 nitrogen and oxygen atoms in total. The van der Waals surface area contributed by atoms with Crippen molar-refractivity contribution in [2.24, 2.45) is 5.92 Å². The molecule has 0 aromatic heterocycles. The quantitative estimate of drug-likeness (QED) is 0.721. The first-order valence-electron chi connectivity index (χ1n) is 7.51. The zero-order chi connectivity index (χ0) is 17.7. The van der Waals surface area contributed by atoms with Crippen molar-refractivity contribution >= 4 is 23.2 Å². The van der Waals surface area contributed by atoms with Gasteiger partial charge < -0.3 is 5.32 Å². The second kappa shape index (κ2) is 7.37. The molecule has 0 saturated heterocycles. The van der Waals surface area contributed by atoms with Crippen LogP contribution in [0.3, 0.4) is 0 Å². The van der Waals surface area contributed by atoms with Gasteiger partial charge in [-0.15, -0.1) is 0 Å². The molecule has 24 heavy (non-hydrogen) atoms. The van der Waals surface area contributed by atoms with Crippen molar-refractivity contribution in [2.75, 3.05) is 5.32 Å². The summed E-state index contributed by atoms with van der Waals surface area (Å²) in [6, 6.07) is 5.63. The Bertz CT molecular complexity index is 620. The second-order valence-electron chi connectivity index (χ2n) is 5.60. The number of rotatable bonds is 5. The molecule has 130 valence electrons. The highest BCUT2D eigenvalue weighted by molar-refractivity contribution is 5.95. The summed E-state index contributed by atoms with van der Waals surface area (Å²) in [6.45, 7) is 3.76. The molecule has 0 atom stereocenters. The van der Waals surface area contributed by atoms with Crippen molar-refractivity contribution in [3.8, 4) is 0 Å². The summed E-state index contributed by atoms with van der Waals surface area (Å²) in [5.41, 5.74) is 6.27. The van der Waals surface area contributed by atoms with E-state index in [1.807, 2.05) is 0 Å². The predicted molar refractivity (Wildman–Crippen MR) is 83.4 cm³/mol. The van der Waals surface area contributed by atoms with Crippen LogP contribution in [0.15, 0.2) is 30.8 Å². The lowest BCUT2D eigenvalue weighted by Crippen LogP contribution is -2.39. The third-order valence-corrected chi connectivity index (χ3v) is 3.81. The van der Waals surface area contributed by atoms with Gasteiger partial charge in [0.15, 0.2) is 0 Å². The fraction of sp³-hybridized carbons (Fsp3) is 0.375. The monoisotopic (exact) mass is 341 g/mol. The van der Waals surface area contributed by atoms with Gasteiger partial charge in [-0.1, -0.05) is 31.6 Å². The van der Waals surface area contributed by atoms with Crippen molar-refractivity contribution in [3.63, 3.8) is 0 Å². The van der Waals surface area contributed by atoms with Crippen LogP contribution >= 0.6 is 0 Å². The predicted octanol–water partition coefficient (Wildman–Crippen LogP) is 2.97. The van der Waals surface area contributed by atoms with Gasteiger partial charge in [0.2, 0.25) is 5.91 Å². The van der Waals surface area contributed by atoms with Gasteiger partial charge in [-0.25, -0.2) is 0 Å². The molecule has 0 aliphatic heterocycles. The Morgan fingerprint density at radius 2 is 1.62 bits per heavy atom. The Morgan fingerprint density at radius 3 is 2.17 bits per heavy atom. The van der Waals surface area contributed by atoms with Crippen LogP contribution in [0.25, 0.3) is 5.70 Å². The van der Waals surface area contributed by atoms with E-state index < -0.39 is 12.1 Å². The minimum absolute atomic E-state index is 0.00487. The van der Waals surface area contributed by atoms with Crippen LogP contribution in [0.1, 0.15) is 31.2 Å². The highest BCUT2D eigenvalue weighted by Crippen LogP contribution is 2.24. The van der Waals surface area contributed by atoms with E-state index in [4.69, 9.17) is 0 Å². The molecule has 1 fully saturated rings. The largest absolute Gasteiger partial charge is 0.471 e. The average molecular weight is 341 g/mol. The molecule has 3 N–H and O–H groups in total. The van der Waals surface area contributed by atoms with Gasteiger partial charge in [0.1, 0.15) is 0 Å². The molecule has 0 bridgehead atoms. The van der Waals surface area contributed by atoms with Gasteiger partial charge in [0, 0.05) is 11.6 Å². The minimum atomic E-state index is -4.94. The summed E-state index contributed by atoms with van der Waals surface area (Å²) in [5.74, 6) is -2.12. The smallest absolute Gasteiger partial charge is 0.318 e. The molecule has 2 amide bonds. The molecule has 0 spiro atoms. The summed E-state index contributed by atoms with van der Waals surface area (Å²) in [4.78, 5) is 22.7. The van der Waals surface area contributed by atoms with Gasteiger partial charge in [-0.05, 0) is 30.5 Å². The molecule has 1 saturated carbocycles. The Hall–Kier alpha value is -2.51. The second-order valence-corrected chi connectivity index (χ2v) is 5.60. The zero-order valence-corrected chi connectivity index (χ0v) is 12.9. The Kier molecular flexibility index (Phi) is 5.48. The zero-order valence-electron chi connectivity index (χ0n) is 12.9. The maximum absolute atomic E-state index is 12.2. The number of carbonyl (C=O) groups excluding carboxylic acids is 2. The van der Waals surface area contributed by atoms with Crippen molar-refractivity contribution in [2.45, 2.75) is 31.9 Å². The maximum Gasteiger partial charge on any atom is 0.471 e. The van der Waals surface area contributed by atoms with E-state index in [9.17, 15) is 22.8 Å². The lowest BCUT2D eigenvalue weighted by molar-refractivity contribution is -0.167. The fourth-order valence-electron chi connectivity index (χ4n) is 2.46. The van der Waals surface area contributed by atoms with Crippen molar-refractivity contribution < 1.29 is 22.8 Å². The third kappa shape index (κ3) is 4.74. The highest BCUT2D eigenvalue weighted by atomic mass is 19.4. The van der Waals surface area contributed by atoms with Crippen LogP contribution in [0.2, 0.25) is 0 Å². The number of nitrogens with one attached hydrogen (secondary N) is 3. The number of halogens is 3.